The zero-order valence-electron chi connectivity index (χ0n) is 42.7. The van der Waals surface area contributed by atoms with E-state index in [1.165, 1.54) is 205 Å². The van der Waals surface area contributed by atoms with E-state index in [0.717, 1.165) is 38.5 Å². The van der Waals surface area contributed by atoms with Gasteiger partial charge in [0.2, 0.25) is 0 Å². The number of carboxylic acid groups (broad SMARTS) is 1. The van der Waals surface area contributed by atoms with Crippen LogP contribution in [0.15, 0.2) is 0 Å². The first-order valence-electron chi connectivity index (χ1n) is 28.1. The van der Waals surface area contributed by atoms with Gasteiger partial charge in [-0.3, -0.25) is 9.59 Å². The highest BCUT2D eigenvalue weighted by atomic mass is 16.7. The van der Waals surface area contributed by atoms with Gasteiger partial charge in [0.1, 0.15) is 24.9 Å². The van der Waals surface area contributed by atoms with Crippen LogP contribution in [0.1, 0.15) is 284 Å². The molecule has 390 valence electrons. The Balaban J connectivity index is 2.23. The molecule has 4 N–H and O–H groups in total. The van der Waals surface area contributed by atoms with Crippen molar-refractivity contribution in [2.75, 3.05) is 13.2 Å². The molecule has 0 amide bonds. The van der Waals surface area contributed by atoms with Crippen LogP contribution in [0.3, 0.4) is 0 Å². The number of carbonyl (C=O) groups excluding carboxylic acids is 2. The largest absolute Gasteiger partial charge is 0.479 e. The lowest BCUT2D eigenvalue weighted by molar-refractivity contribution is -0.298. The van der Waals surface area contributed by atoms with Crippen molar-refractivity contribution in [1.82, 2.24) is 0 Å². The minimum atomic E-state index is -1.86. The summed E-state index contributed by atoms with van der Waals surface area (Å²) in [7, 11) is 0. The molecule has 0 saturated carbocycles. The molecule has 0 aromatic carbocycles. The van der Waals surface area contributed by atoms with E-state index in [4.69, 9.17) is 18.9 Å². The zero-order chi connectivity index (χ0) is 48.1. The predicted molar refractivity (Wildman–Crippen MR) is 266 cm³/mol. The Bertz CT molecular complexity index is 1100. The summed E-state index contributed by atoms with van der Waals surface area (Å²) < 4.78 is 21.9. The van der Waals surface area contributed by atoms with Gasteiger partial charge in [0.05, 0.1) is 6.61 Å². The number of aliphatic hydroxyl groups excluding tert-OH is 3. The molecule has 0 spiro atoms. The second-order valence-corrected chi connectivity index (χ2v) is 19.8. The number of carboxylic acids is 1. The summed E-state index contributed by atoms with van der Waals surface area (Å²) in [4.78, 5) is 37.1. The number of esters is 2. The zero-order valence-corrected chi connectivity index (χ0v) is 42.7. The number of ether oxygens (including phenoxy) is 4. The maximum absolute atomic E-state index is 12.9. The smallest absolute Gasteiger partial charge is 0.335 e. The third kappa shape index (κ3) is 36.2. The Kier molecular flexibility index (Phi) is 43.0. The lowest BCUT2D eigenvalue weighted by Crippen LogP contribution is -2.60. The monoisotopic (exact) mass is 941 g/mol. The van der Waals surface area contributed by atoms with Gasteiger partial charge >= 0.3 is 17.9 Å². The number of hydrogen-bond donors (Lipinski definition) is 4. The molecule has 0 aromatic rings. The molecule has 6 atom stereocenters. The molecule has 0 aromatic heterocycles. The van der Waals surface area contributed by atoms with Crippen LogP contribution in [-0.2, 0) is 33.3 Å². The van der Waals surface area contributed by atoms with Gasteiger partial charge in [-0.25, -0.2) is 4.79 Å². The van der Waals surface area contributed by atoms with Crippen LogP contribution >= 0.6 is 0 Å². The Labute approximate surface area is 404 Å². The van der Waals surface area contributed by atoms with Crippen molar-refractivity contribution in [2.45, 2.75) is 320 Å². The minimum absolute atomic E-state index is 0.192. The van der Waals surface area contributed by atoms with Crippen LogP contribution in [0.25, 0.3) is 0 Å². The number of rotatable bonds is 49. The number of aliphatic carboxylic acids is 1. The van der Waals surface area contributed by atoms with Crippen molar-refractivity contribution in [3.05, 3.63) is 0 Å². The van der Waals surface area contributed by atoms with Crippen molar-refractivity contribution in [3.63, 3.8) is 0 Å². The van der Waals surface area contributed by atoms with Gasteiger partial charge in [-0.1, -0.05) is 258 Å². The van der Waals surface area contributed by atoms with Crippen LogP contribution in [0.4, 0.5) is 0 Å². The Morgan fingerprint density at radius 2 is 0.712 bits per heavy atom. The van der Waals surface area contributed by atoms with E-state index in [2.05, 4.69) is 13.8 Å². The average Bonchev–Trinajstić information content (AvgIpc) is 3.30. The van der Waals surface area contributed by atoms with E-state index in [-0.39, 0.29) is 26.1 Å². The molecule has 0 aliphatic carbocycles. The summed E-state index contributed by atoms with van der Waals surface area (Å²) in [5, 5.41) is 40.0. The third-order valence-electron chi connectivity index (χ3n) is 13.5. The van der Waals surface area contributed by atoms with Crippen molar-refractivity contribution in [1.29, 1.82) is 0 Å². The summed E-state index contributed by atoms with van der Waals surface area (Å²) in [5.74, 6) is -2.41. The molecule has 1 rings (SSSR count). The Morgan fingerprint density at radius 1 is 0.409 bits per heavy atom. The van der Waals surface area contributed by atoms with E-state index >= 15 is 0 Å². The molecule has 1 aliphatic rings. The van der Waals surface area contributed by atoms with E-state index in [1.807, 2.05) is 0 Å². The van der Waals surface area contributed by atoms with Gasteiger partial charge < -0.3 is 39.4 Å². The molecule has 0 bridgehead atoms. The highest BCUT2D eigenvalue weighted by molar-refractivity contribution is 5.73. The number of unbranched alkanes of at least 4 members (excludes halogenated alkanes) is 38. The molecular formula is C55H104O11. The molecule has 66 heavy (non-hydrogen) atoms. The number of hydrogen-bond acceptors (Lipinski definition) is 10. The summed E-state index contributed by atoms with van der Waals surface area (Å²) in [6.45, 7) is 3.88. The van der Waals surface area contributed by atoms with Crippen molar-refractivity contribution >= 4 is 17.9 Å². The number of aliphatic hydroxyl groups is 3. The lowest BCUT2D eigenvalue weighted by Gasteiger charge is -2.38. The van der Waals surface area contributed by atoms with Crippen LogP contribution in [0, 0.1) is 0 Å². The fourth-order valence-electron chi connectivity index (χ4n) is 9.06. The fourth-order valence-corrected chi connectivity index (χ4v) is 9.06. The fraction of sp³-hybridized carbons (Fsp3) is 0.945. The van der Waals surface area contributed by atoms with Crippen molar-refractivity contribution < 1.29 is 53.8 Å². The molecule has 11 heteroatoms. The standard InChI is InChI=1S/C55H104O11/c1-3-5-7-9-11-13-15-17-19-21-23-25-27-29-31-33-35-37-39-41-43-48(56)63-45-47(46-64-55-52(60)50(58)51(59)53(66-55)54(61)62)65-49(57)44-42-40-38-36-34-32-30-28-26-24-22-20-18-16-14-12-10-8-6-4-2/h47,50-53,55,58-60H,3-46H2,1-2H3,(H,61,62). The molecule has 1 aliphatic heterocycles. The molecule has 11 nitrogen and oxygen atoms in total. The van der Waals surface area contributed by atoms with Gasteiger partial charge in [-0.15, -0.1) is 0 Å². The van der Waals surface area contributed by atoms with Gasteiger partial charge in [-0.2, -0.15) is 0 Å². The normalized spacial score (nSPS) is 19.0. The minimum Gasteiger partial charge on any atom is -0.479 e. The molecule has 1 saturated heterocycles. The van der Waals surface area contributed by atoms with Crippen LogP contribution in [0.5, 0.6) is 0 Å². The second kappa shape index (κ2) is 45.6. The Hall–Kier alpha value is -1.79. The molecule has 1 fully saturated rings. The maximum atomic E-state index is 12.9. The highest BCUT2D eigenvalue weighted by Gasteiger charge is 2.47. The highest BCUT2D eigenvalue weighted by Crippen LogP contribution is 2.24. The summed E-state index contributed by atoms with van der Waals surface area (Å²) in [5.41, 5.74) is 0. The summed E-state index contributed by atoms with van der Waals surface area (Å²) >= 11 is 0. The van der Waals surface area contributed by atoms with Crippen molar-refractivity contribution in [2.24, 2.45) is 0 Å². The van der Waals surface area contributed by atoms with Crippen LogP contribution in [-0.4, -0.2) is 88.4 Å². The topological polar surface area (TPSA) is 169 Å². The third-order valence-corrected chi connectivity index (χ3v) is 13.5. The van der Waals surface area contributed by atoms with Gasteiger partial charge in [0.25, 0.3) is 0 Å². The average molecular weight is 941 g/mol. The Morgan fingerprint density at radius 3 is 1.03 bits per heavy atom. The molecule has 0 radical (unpaired) electrons. The van der Waals surface area contributed by atoms with E-state index in [9.17, 15) is 34.8 Å². The molecular weight excluding hydrogens is 837 g/mol. The maximum Gasteiger partial charge on any atom is 0.335 e. The quantitative estimate of drug-likeness (QED) is 0.0338. The van der Waals surface area contributed by atoms with Crippen LogP contribution < -0.4 is 0 Å². The first kappa shape index (κ1) is 62.2. The lowest BCUT2D eigenvalue weighted by atomic mass is 9.99. The molecule has 6 unspecified atom stereocenters. The van der Waals surface area contributed by atoms with E-state index < -0.39 is 54.7 Å². The van der Waals surface area contributed by atoms with E-state index in [1.54, 1.807) is 0 Å². The first-order valence-corrected chi connectivity index (χ1v) is 28.1. The summed E-state index contributed by atoms with van der Waals surface area (Å²) in [6.07, 6.45) is 41.6. The summed E-state index contributed by atoms with van der Waals surface area (Å²) in [6, 6.07) is 0. The van der Waals surface area contributed by atoms with Gasteiger partial charge in [0.15, 0.2) is 18.5 Å². The van der Waals surface area contributed by atoms with Gasteiger partial charge in [-0.05, 0) is 12.8 Å². The predicted octanol–water partition coefficient (Wildman–Crippen LogP) is 13.8. The molecule has 1 heterocycles. The number of carbonyl (C=O) groups is 3. The second-order valence-electron chi connectivity index (χ2n) is 19.8. The van der Waals surface area contributed by atoms with Crippen molar-refractivity contribution in [3.8, 4) is 0 Å². The van der Waals surface area contributed by atoms with E-state index in [0.29, 0.717) is 12.8 Å². The first-order chi connectivity index (χ1) is 32.2. The van der Waals surface area contributed by atoms with Crippen LogP contribution in [0.2, 0.25) is 0 Å². The SMILES string of the molecule is CCCCCCCCCCCCCCCCCCCCCCC(=O)OCC(COC1OC(C(=O)O)C(O)C(O)C1O)OC(=O)CCCCCCCCCCCCCCCCCCCCCC. The van der Waals surface area contributed by atoms with Gasteiger partial charge in [0, 0.05) is 12.8 Å².